The van der Waals surface area contributed by atoms with Crippen LogP contribution in [-0.2, 0) is 13.2 Å². The third kappa shape index (κ3) is 19.4. The quantitative estimate of drug-likeness (QED) is 0.120. The first kappa shape index (κ1) is 94.6. The lowest BCUT2D eigenvalue weighted by Crippen LogP contribution is -2.55. The average Bonchev–Trinajstić information content (AvgIpc) is 1.05. The third-order valence-corrected chi connectivity index (χ3v) is 26.2. The van der Waals surface area contributed by atoms with Crippen molar-refractivity contribution in [1.29, 1.82) is 0 Å². The van der Waals surface area contributed by atoms with Crippen LogP contribution in [0.3, 0.4) is 0 Å². The molecule has 0 aliphatic carbocycles. The van der Waals surface area contributed by atoms with Crippen molar-refractivity contribution in [2.75, 3.05) is 99.3 Å². The van der Waals surface area contributed by atoms with Gasteiger partial charge in [-0.3, -0.25) is 77.1 Å². The highest BCUT2D eigenvalue weighted by Gasteiger charge is 2.44. The Bertz CT molecular complexity index is 7030. The second-order valence-corrected chi connectivity index (χ2v) is 35.5. The van der Waals surface area contributed by atoms with Gasteiger partial charge in [0.15, 0.2) is 45.8 Å². The maximum Gasteiger partial charge on any atom is 0.278 e. The molecule has 4 aromatic heterocycles. The summed E-state index contributed by atoms with van der Waals surface area (Å²) in [7, 11) is 0. The van der Waals surface area contributed by atoms with E-state index in [1.807, 2.05) is 299 Å². The summed E-state index contributed by atoms with van der Waals surface area (Å²) in [6, 6.07) is 84.8. The number of carbonyl (C=O) groups excluding carboxylic acids is 4. The van der Waals surface area contributed by atoms with Crippen molar-refractivity contribution in [3.63, 3.8) is 0 Å². The van der Waals surface area contributed by atoms with E-state index >= 15 is 0 Å². The Hall–Kier alpha value is -16.4. The number of benzene rings is 10. The lowest BCUT2D eigenvalue weighted by atomic mass is 9.97. The molecule has 716 valence electrons. The summed E-state index contributed by atoms with van der Waals surface area (Å²) >= 11 is 26.4. The van der Waals surface area contributed by atoms with E-state index in [0.29, 0.717) is 82.5 Å². The second kappa shape index (κ2) is 42.5. The molecule has 142 heavy (non-hydrogen) atoms. The standard InChI is InChI=1S/2C31H26ClN3O4.2C24H20ClN3O4/c2*32-25-15-9-14-24-27(23-12-5-2-6-13-23)35-21-33(17-7-8-19-38-29(24)25)31(37)28-30(26(36)16-18-34(28)35)39-20-22-10-3-1-4-11-22;2*25-18-10-6-9-17-20(16-7-2-1-3-8-16)28-15-26(12-4-5-14-32-23(17)18)24(31)21-22(30)19(29)11-13-27(21)28/h2*1-16,18,27H,17,19-21H2;2*1-11,13,20,30H,12,14-15H2/b2*8-7-;2*5-4-/t2*27-;2*20-/m1010/s1. The highest BCUT2D eigenvalue weighted by Crippen LogP contribution is 2.47. The Morgan fingerprint density at radius 2 is 0.500 bits per heavy atom. The van der Waals surface area contributed by atoms with Gasteiger partial charge in [0.1, 0.15) is 113 Å². The molecule has 0 radical (unpaired) electrons. The van der Waals surface area contributed by atoms with Crippen molar-refractivity contribution in [1.82, 2.24) is 38.3 Å². The van der Waals surface area contributed by atoms with Crippen LogP contribution in [0.25, 0.3) is 0 Å². The van der Waals surface area contributed by atoms with Gasteiger partial charge < -0.3 is 58.2 Å². The lowest BCUT2D eigenvalue weighted by molar-refractivity contribution is 0.0691. The van der Waals surface area contributed by atoms with E-state index in [4.69, 9.17) is 74.8 Å². The van der Waals surface area contributed by atoms with Crippen LogP contribution in [0, 0.1) is 0 Å². The number of pyridine rings is 4. The van der Waals surface area contributed by atoms with E-state index in [2.05, 4.69) is 0 Å². The average molecular weight is 1980 g/mol. The molecule has 0 saturated heterocycles. The van der Waals surface area contributed by atoms with Gasteiger partial charge in [0.2, 0.25) is 21.7 Å². The molecule has 32 heteroatoms. The number of nitrogens with zero attached hydrogens (tertiary/aromatic N) is 12. The number of para-hydroxylation sites is 4. The molecule has 4 atom stereocenters. The van der Waals surface area contributed by atoms with Gasteiger partial charge in [-0.25, -0.2) is 0 Å². The van der Waals surface area contributed by atoms with Gasteiger partial charge in [0, 0.05) is 97.5 Å². The number of hydrogen-bond acceptors (Lipinski definition) is 20. The van der Waals surface area contributed by atoms with Crippen LogP contribution in [0.2, 0.25) is 20.1 Å². The van der Waals surface area contributed by atoms with Crippen molar-refractivity contribution < 1.29 is 57.8 Å². The Balaban J connectivity index is 0.000000121. The SMILES string of the molecule is O=C1c2c(O)c(=O)ccn2N2CN1C/C=C\COc1c(Cl)cccc1[C@@H]2c1ccccc1.O=C1c2c(O)c(=O)ccn2N2CN1C/C=C\COc1c(Cl)cccc1[C@H]2c1ccccc1.O=C1c2c(OCc3ccccc3)c(=O)ccn2N2CN1C/C=C\COc1c(Cl)cccc1[C@@H]2c1ccccc1.O=C1c2c(OCc3ccccc3)c(=O)ccn2N2CN1C/C=C\COc1c(Cl)cccc1[C@H]2c1ccccc1. The summed E-state index contributed by atoms with van der Waals surface area (Å²) < 4.78 is 43.2. The monoisotopic (exact) mass is 1980 g/mol. The Kier molecular flexibility index (Phi) is 28.3. The van der Waals surface area contributed by atoms with Gasteiger partial charge in [-0.1, -0.05) is 301 Å². The van der Waals surface area contributed by atoms with Gasteiger partial charge >= 0.3 is 0 Å². The van der Waals surface area contributed by atoms with Crippen molar-refractivity contribution in [2.45, 2.75) is 37.4 Å². The number of aromatic nitrogens is 4. The van der Waals surface area contributed by atoms with Crippen molar-refractivity contribution in [2.24, 2.45) is 0 Å². The normalized spacial score (nSPS) is 18.0. The summed E-state index contributed by atoms with van der Waals surface area (Å²) in [6.45, 7) is 3.76. The molecule has 8 aliphatic heterocycles. The second-order valence-electron chi connectivity index (χ2n) is 33.8. The third-order valence-electron chi connectivity index (χ3n) is 25.0. The maximum atomic E-state index is 13.9. The zero-order valence-corrected chi connectivity index (χ0v) is 79.2. The van der Waals surface area contributed by atoms with Gasteiger partial charge in [-0.2, -0.15) is 0 Å². The van der Waals surface area contributed by atoms with E-state index < -0.39 is 58.3 Å². The summed E-state index contributed by atoms with van der Waals surface area (Å²) in [4.78, 5) is 111. The molecular weight excluding hydrogens is 1890 g/mol. The van der Waals surface area contributed by atoms with E-state index in [1.165, 1.54) is 36.7 Å². The van der Waals surface area contributed by atoms with Crippen LogP contribution in [0.1, 0.15) is 122 Å². The van der Waals surface area contributed by atoms with Crippen LogP contribution in [0.4, 0.5) is 0 Å². The molecule has 28 nitrogen and oxygen atoms in total. The summed E-state index contributed by atoms with van der Waals surface area (Å²) in [5.41, 5.74) is 7.23. The minimum Gasteiger partial charge on any atom is -0.502 e. The lowest BCUT2D eigenvalue weighted by Gasteiger charge is -2.44. The van der Waals surface area contributed by atoms with Crippen LogP contribution >= 0.6 is 46.4 Å². The predicted octanol–water partition coefficient (Wildman–Crippen LogP) is 16.9. The number of halogens is 4. The molecule has 12 heterocycles. The van der Waals surface area contributed by atoms with Crippen LogP contribution in [0.15, 0.2) is 372 Å². The zero-order valence-electron chi connectivity index (χ0n) is 76.2. The van der Waals surface area contributed by atoms with E-state index in [0.717, 1.165) is 55.6 Å². The maximum absolute atomic E-state index is 13.9. The molecule has 14 aromatic rings. The van der Waals surface area contributed by atoms with Gasteiger partial charge in [0.05, 0.1) is 20.1 Å². The Morgan fingerprint density at radius 1 is 0.268 bits per heavy atom. The molecule has 0 unspecified atom stereocenters. The Morgan fingerprint density at radius 3 is 0.761 bits per heavy atom. The smallest absolute Gasteiger partial charge is 0.278 e. The molecule has 0 fully saturated rings. The van der Waals surface area contributed by atoms with Crippen LogP contribution < -0.4 is 70.2 Å². The highest BCUT2D eigenvalue weighted by atomic mass is 35.5. The highest BCUT2D eigenvalue weighted by molar-refractivity contribution is 6.33. The number of amides is 4. The number of rotatable bonds is 10. The van der Waals surface area contributed by atoms with Gasteiger partial charge in [-0.15, -0.1) is 0 Å². The first-order valence-electron chi connectivity index (χ1n) is 45.8. The number of ether oxygens (including phenoxy) is 6. The number of carbonyl (C=O) groups is 4. The predicted molar refractivity (Wildman–Crippen MR) is 542 cm³/mol. The van der Waals surface area contributed by atoms with Crippen molar-refractivity contribution in [3.05, 3.63) is 492 Å². The minimum absolute atomic E-state index is 0.0225. The molecule has 8 aliphatic rings. The largest absolute Gasteiger partial charge is 0.502 e. The van der Waals surface area contributed by atoms with Crippen molar-refractivity contribution >= 4 is 70.0 Å². The molecule has 4 amide bonds. The molecule has 2 N–H and O–H groups in total. The molecule has 8 bridgehead atoms. The molecule has 0 saturated carbocycles. The first-order chi connectivity index (χ1) is 69.3. The first-order valence-corrected chi connectivity index (χ1v) is 47.3. The Labute approximate surface area is 835 Å². The molecule has 22 rings (SSSR count). The summed E-state index contributed by atoms with van der Waals surface area (Å²) in [5, 5.41) is 30.9. The summed E-state index contributed by atoms with van der Waals surface area (Å²) in [5.74, 6) is -0.250. The number of fused-ring (bicyclic) bond motifs is 20. The van der Waals surface area contributed by atoms with E-state index in [9.17, 15) is 48.6 Å². The van der Waals surface area contributed by atoms with E-state index in [1.54, 1.807) is 75.0 Å². The fourth-order valence-electron chi connectivity index (χ4n) is 18.4. The molecule has 0 spiro atoms. The number of aromatic hydroxyl groups is 2. The fraction of sp³-hybridized carbons (Fsp3) is 0.164. The van der Waals surface area contributed by atoms with Crippen LogP contribution in [0.5, 0.6) is 46.0 Å². The topological polar surface area (TPSA) is 278 Å². The minimum atomic E-state index is -0.603. The number of hydrogen-bond donors (Lipinski definition) is 2. The van der Waals surface area contributed by atoms with E-state index in [-0.39, 0.29) is 110 Å². The van der Waals surface area contributed by atoms with Gasteiger partial charge in [-0.05, 0) is 82.0 Å². The summed E-state index contributed by atoms with van der Waals surface area (Å²) in [6.07, 6.45) is 21.1. The van der Waals surface area contributed by atoms with Crippen LogP contribution in [-0.4, -0.2) is 151 Å². The molecular formula is C110H92Cl4N12O16. The molecule has 10 aromatic carbocycles. The van der Waals surface area contributed by atoms with Crippen molar-refractivity contribution in [3.8, 4) is 46.0 Å². The van der Waals surface area contributed by atoms with Gasteiger partial charge in [0.25, 0.3) is 23.6 Å². The fourth-order valence-corrected chi connectivity index (χ4v) is 19.4. The zero-order chi connectivity index (χ0) is 98.0.